The number of anilines is 2. The molecule has 0 saturated heterocycles. The van der Waals surface area contributed by atoms with E-state index >= 15 is 0 Å². The number of halogens is 2. The average Bonchev–Trinajstić information content (AvgIpc) is 2.98. The topological polar surface area (TPSA) is 51.1 Å². The summed E-state index contributed by atoms with van der Waals surface area (Å²) in [5.74, 6) is 1.19. The molecule has 3 aromatic rings. The van der Waals surface area contributed by atoms with E-state index in [-0.39, 0.29) is 0 Å². The number of nitrogens with zero attached hydrogens (tertiary/aromatic N) is 2. The number of thiocarbonyl (C=S) groups is 1. The van der Waals surface area contributed by atoms with Gasteiger partial charge in [-0.1, -0.05) is 53.5 Å². The molecule has 0 aliphatic carbocycles. The van der Waals surface area contributed by atoms with Crippen molar-refractivity contribution in [3.05, 3.63) is 70.3 Å². The molecule has 0 amide bonds. The Morgan fingerprint density at radius 1 is 1.07 bits per heavy atom. The minimum absolute atomic E-state index is 0.368. The standard InChI is InChI=1S/C19H18Cl2N4OS/c1-2-26-17-10-6-5-9-16(17)22-19(27)23-18-15(21)12-25(24-18)11-13-7-3-4-8-14(13)20/h3-10,12H,2,11H2,1H3,(H2,22,23,24,27). The summed E-state index contributed by atoms with van der Waals surface area (Å²) in [4.78, 5) is 0. The fourth-order valence-electron chi connectivity index (χ4n) is 2.48. The summed E-state index contributed by atoms with van der Waals surface area (Å²) in [7, 11) is 0. The van der Waals surface area contributed by atoms with Crippen LogP contribution in [0.15, 0.2) is 54.7 Å². The van der Waals surface area contributed by atoms with Crippen LogP contribution in [0.1, 0.15) is 12.5 Å². The van der Waals surface area contributed by atoms with E-state index in [0.717, 1.165) is 17.0 Å². The second-order valence-electron chi connectivity index (χ2n) is 5.62. The average molecular weight is 421 g/mol. The van der Waals surface area contributed by atoms with Crippen LogP contribution in [0.4, 0.5) is 11.5 Å². The maximum atomic E-state index is 6.29. The zero-order valence-corrected chi connectivity index (χ0v) is 16.9. The van der Waals surface area contributed by atoms with Crippen LogP contribution < -0.4 is 15.4 Å². The molecule has 8 heteroatoms. The van der Waals surface area contributed by atoms with Gasteiger partial charge in [0.05, 0.1) is 18.8 Å². The van der Waals surface area contributed by atoms with E-state index in [1.54, 1.807) is 10.9 Å². The first-order chi connectivity index (χ1) is 13.1. The van der Waals surface area contributed by atoms with Crippen LogP contribution in [0.3, 0.4) is 0 Å². The quantitative estimate of drug-likeness (QED) is 0.519. The summed E-state index contributed by atoms with van der Waals surface area (Å²) in [5.41, 5.74) is 1.72. The number of hydrogen-bond acceptors (Lipinski definition) is 3. The van der Waals surface area contributed by atoms with E-state index in [2.05, 4.69) is 15.7 Å². The molecule has 0 atom stereocenters. The van der Waals surface area contributed by atoms with Gasteiger partial charge in [-0.05, 0) is 42.9 Å². The molecular weight excluding hydrogens is 403 g/mol. The molecule has 2 N–H and O–H groups in total. The molecule has 5 nitrogen and oxygen atoms in total. The molecule has 0 spiro atoms. The second kappa shape index (κ2) is 9.08. The van der Waals surface area contributed by atoms with Crippen LogP contribution in [0.2, 0.25) is 10.0 Å². The van der Waals surface area contributed by atoms with Crippen LogP contribution in [-0.2, 0) is 6.54 Å². The van der Waals surface area contributed by atoms with Gasteiger partial charge in [0.15, 0.2) is 10.9 Å². The molecular formula is C19H18Cl2N4OS. The van der Waals surface area contributed by atoms with Gasteiger partial charge in [-0.15, -0.1) is 0 Å². The Balaban J connectivity index is 1.68. The van der Waals surface area contributed by atoms with Crippen molar-refractivity contribution in [2.75, 3.05) is 17.2 Å². The molecule has 0 aliphatic rings. The molecule has 0 radical (unpaired) electrons. The van der Waals surface area contributed by atoms with Gasteiger partial charge in [0.1, 0.15) is 10.8 Å². The molecule has 0 unspecified atom stereocenters. The number of para-hydroxylation sites is 2. The maximum absolute atomic E-state index is 6.29. The van der Waals surface area contributed by atoms with Crippen molar-refractivity contribution in [2.24, 2.45) is 0 Å². The van der Waals surface area contributed by atoms with Crippen LogP contribution in [0.25, 0.3) is 0 Å². The van der Waals surface area contributed by atoms with E-state index < -0.39 is 0 Å². The monoisotopic (exact) mass is 420 g/mol. The Labute approximate surface area is 173 Å². The number of nitrogens with one attached hydrogen (secondary N) is 2. The summed E-state index contributed by atoms with van der Waals surface area (Å²) in [6.07, 6.45) is 1.73. The van der Waals surface area contributed by atoms with Gasteiger partial charge in [0.25, 0.3) is 0 Å². The van der Waals surface area contributed by atoms with E-state index in [1.807, 2.05) is 55.5 Å². The van der Waals surface area contributed by atoms with Gasteiger partial charge in [0, 0.05) is 11.2 Å². The van der Waals surface area contributed by atoms with Crippen LogP contribution in [-0.4, -0.2) is 21.5 Å². The number of ether oxygens (including phenoxy) is 1. The third-order valence-corrected chi connectivity index (χ3v) is 4.52. The Hall–Kier alpha value is -2.28. The predicted octanol–water partition coefficient (Wildman–Crippen LogP) is 5.45. The molecule has 0 aliphatic heterocycles. The predicted molar refractivity (Wildman–Crippen MR) is 115 cm³/mol. The summed E-state index contributed by atoms with van der Waals surface area (Å²) < 4.78 is 7.30. The molecule has 27 heavy (non-hydrogen) atoms. The summed E-state index contributed by atoms with van der Waals surface area (Å²) in [6, 6.07) is 15.2. The van der Waals surface area contributed by atoms with Crippen molar-refractivity contribution < 1.29 is 4.74 Å². The molecule has 0 saturated carbocycles. The minimum atomic E-state index is 0.368. The van der Waals surface area contributed by atoms with Gasteiger partial charge in [0.2, 0.25) is 0 Å². The summed E-state index contributed by atoms with van der Waals surface area (Å²) in [6.45, 7) is 3.00. The lowest BCUT2D eigenvalue weighted by Gasteiger charge is -2.13. The number of benzene rings is 2. The van der Waals surface area contributed by atoms with Crippen molar-refractivity contribution in [2.45, 2.75) is 13.5 Å². The van der Waals surface area contributed by atoms with Crippen molar-refractivity contribution in [3.8, 4) is 5.75 Å². The number of hydrogen-bond donors (Lipinski definition) is 2. The molecule has 0 fully saturated rings. The van der Waals surface area contributed by atoms with Crippen molar-refractivity contribution in [3.63, 3.8) is 0 Å². The van der Waals surface area contributed by atoms with Gasteiger partial charge >= 0.3 is 0 Å². The maximum Gasteiger partial charge on any atom is 0.176 e. The van der Waals surface area contributed by atoms with E-state index in [1.165, 1.54) is 0 Å². The van der Waals surface area contributed by atoms with Crippen LogP contribution >= 0.6 is 35.4 Å². The van der Waals surface area contributed by atoms with E-state index in [9.17, 15) is 0 Å². The van der Waals surface area contributed by atoms with Gasteiger partial charge in [-0.2, -0.15) is 5.10 Å². The Bertz CT molecular complexity index is 945. The lowest BCUT2D eigenvalue weighted by molar-refractivity contribution is 0.342. The largest absolute Gasteiger partial charge is 0.492 e. The third-order valence-electron chi connectivity index (χ3n) is 3.67. The highest BCUT2D eigenvalue weighted by molar-refractivity contribution is 7.80. The second-order valence-corrected chi connectivity index (χ2v) is 6.85. The number of rotatable bonds is 6. The third kappa shape index (κ3) is 5.13. The molecule has 1 heterocycles. The highest BCUT2D eigenvalue weighted by Gasteiger charge is 2.11. The SMILES string of the molecule is CCOc1ccccc1NC(=S)Nc1nn(Cc2ccccc2Cl)cc1Cl. The van der Waals surface area contributed by atoms with Crippen molar-refractivity contribution in [1.29, 1.82) is 0 Å². The van der Waals surface area contributed by atoms with Gasteiger partial charge < -0.3 is 15.4 Å². The van der Waals surface area contributed by atoms with E-state index in [0.29, 0.717) is 34.1 Å². The molecule has 0 bridgehead atoms. The van der Waals surface area contributed by atoms with Crippen LogP contribution in [0.5, 0.6) is 5.75 Å². The fourth-order valence-corrected chi connectivity index (χ4v) is 3.08. The van der Waals surface area contributed by atoms with Crippen LogP contribution in [0, 0.1) is 0 Å². The zero-order valence-electron chi connectivity index (χ0n) is 14.6. The lowest BCUT2D eigenvalue weighted by Crippen LogP contribution is -2.20. The van der Waals surface area contributed by atoms with Gasteiger partial charge in [-0.3, -0.25) is 4.68 Å². The fraction of sp³-hybridized carbons (Fsp3) is 0.158. The molecule has 140 valence electrons. The van der Waals surface area contributed by atoms with Crippen molar-refractivity contribution >= 4 is 52.0 Å². The van der Waals surface area contributed by atoms with Crippen molar-refractivity contribution in [1.82, 2.24) is 9.78 Å². The first-order valence-corrected chi connectivity index (χ1v) is 9.49. The Morgan fingerprint density at radius 2 is 1.81 bits per heavy atom. The highest BCUT2D eigenvalue weighted by Crippen LogP contribution is 2.25. The molecule has 2 aromatic carbocycles. The minimum Gasteiger partial charge on any atom is -0.492 e. The first kappa shape index (κ1) is 19.5. The zero-order chi connectivity index (χ0) is 19.2. The number of aromatic nitrogens is 2. The summed E-state index contributed by atoms with van der Waals surface area (Å²) in [5, 5.41) is 12.1. The van der Waals surface area contributed by atoms with Gasteiger partial charge in [-0.25, -0.2) is 0 Å². The highest BCUT2D eigenvalue weighted by atomic mass is 35.5. The summed E-state index contributed by atoms with van der Waals surface area (Å²) >= 11 is 17.9. The lowest BCUT2D eigenvalue weighted by atomic mass is 10.2. The van der Waals surface area contributed by atoms with E-state index in [4.69, 9.17) is 40.2 Å². The first-order valence-electron chi connectivity index (χ1n) is 8.33. The normalized spacial score (nSPS) is 10.5. The molecule has 3 rings (SSSR count). The Kier molecular flexibility index (Phi) is 6.55. The molecule has 1 aromatic heterocycles. The smallest absolute Gasteiger partial charge is 0.176 e. The Morgan fingerprint density at radius 3 is 2.59 bits per heavy atom.